The minimum Gasteiger partial charge on any atom is -0.494 e. The molecule has 0 bridgehead atoms. The fraction of sp³-hybridized carbons (Fsp3) is 0.250. The van der Waals surface area contributed by atoms with E-state index in [-0.39, 0.29) is 0 Å². The number of benzene rings is 3. The number of hydrogen-bond acceptors (Lipinski definition) is 1. The van der Waals surface area contributed by atoms with E-state index in [0.717, 1.165) is 12.2 Å². The Kier molecular flexibility index (Phi) is 4.66. The van der Waals surface area contributed by atoms with Crippen molar-refractivity contribution < 1.29 is 4.74 Å². The lowest BCUT2D eigenvalue weighted by atomic mass is 9.92. The standard InChI is InChI=1S/C24H25NO/c1-3-5-8-17-13-16-22-24(20-9-6-7-10-21(20)25-22)23(17)18-11-14-19(15-12-18)26-4-2/h6-7,9-16,25H,3-5,8H2,1-2H3. The molecule has 0 aliphatic rings. The largest absolute Gasteiger partial charge is 0.494 e. The number of aromatic amines is 1. The van der Waals surface area contributed by atoms with Crippen LogP contribution in [-0.4, -0.2) is 11.6 Å². The van der Waals surface area contributed by atoms with Crippen LogP contribution < -0.4 is 4.74 Å². The first-order valence-corrected chi connectivity index (χ1v) is 9.57. The van der Waals surface area contributed by atoms with Crippen LogP contribution in [0.25, 0.3) is 32.9 Å². The molecule has 0 radical (unpaired) electrons. The van der Waals surface area contributed by atoms with Gasteiger partial charge in [-0.15, -0.1) is 0 Å². The fourth-order valence-corrected chi connectivity index (χ4v) is 3.77. The fourth-order valence-electron chi connectivity index (χ4n) is 3.77. The number of para-hydroxylation sites is 1. The molecule has 4 rings (SSSR count). The van der Waals surface area contributed by atoms with Crippen LogP contribution in [0, 0.1) is 0 Å². The first-order chi connectivity index (χ1) is 12.8. The maximum atomic E-state index is 5.63. The molecule has 132 valence electrons. The number of aryl methyl sites for hydroxylation is 1. The maximum absolute atomic E-state index is 5.63. The van der Waals surface area contributed by atoms with Crippen molar-refractivity contribution in [3.8, 4) is 16.9 Å². The molecular weight excluding hydrogens is 318 g/mol. The van der Waals surface area contributed by atoms with E-state index in [1.807, 2.05) is 6.92 Å². The van der Waals surface area contributed by atoms with E-state index < -0.39 is 0 Å². The van der Waals surface area contributed by atoms with Gasteiger partial charge < -0.3 is 9.72 Å². The van der Waals surface area contributed by atoms with Crippen molar-refractivity contribution >= 4 is 21.8 Å². The monoisotopic (exact) mass is 343 g/mol. The summed E-state index contributed by atoms with van der Waals surface area (Å²) in [6.45, 7) is 4.96. The Hall–Kier alpha value is -2.74. The molecule has 26 heavy (non-hydrogen) atoms. The first kappa shape index (κ1) is 16.7. The van der Waals surface area contributed by atoms with Gasteiger partial charge in [0.15, 0.2) is 0 Å². The molecule has 0 saturated carbocycles. The zero-order chi connectivity index (χ0) is 17.9. The highest BCUT2D eigenvalue weighted by Crippen LogP contribution is 2.38. The van der Waals surface area contributed by atoms with Crippen LogP contribution >= 0.6 is 0 Å². The van der Waals surface area contributed by atoms with E-state index in [2.05, 4.69) is 72.6 Å². The summed E-state index contributed by atoms with van der Waals surface area (Å²) in [7, 11) is 0. The van der Waals surface area contributed by atoms with Gasteiger partial charge in [-0.1, -0.05) is 49.7 Å². The van der Waals surface area contributed by atoms with Gasteiger partial charge >= 0.3 is 0 Å². The molecule has 0 aliphatic heterocycles. The van der Waals surface area contributed by atoms with Crippen molar-refractivity contribution in [2.75, 3.05) is 6.61 Å². The molecule has 0 atom stereocenters. The SMILES string of the molecule is CCCCc1ccc2[nH]c3ccccc3c2c1-c1ccc(OCC)cc1. The third-order valence-corrected chi connectivity index (χ3v) is 5.01. The number of H-pyrrole nitrogens is 1. The van der Waals surface area contributed by atoms with E-state index in [4.69, 9.17) is 4.74 Å². The normalized spacial score (nSPS) is 11.3. The number of hydrogen-bond donors (Lipinski definition) is 1. The van der Waals surface area contributed by atoms with Crippen molar-refractivity contribution in [1.82, 2.24) is 4.98 Å². The van der Waals surface area contributed by atoms with Crippen LogP contribution in [0.2, 0.25) is 0 Å². The maximum Gasteiger partial charge on any atom is 0.119 e. The summed E-state index contributed by atoms with van der Waals surface area (Å²) < 4.78 is 5.63. The van der Waals surface area contributed by atoms with Gasteiger partial charge in [0, 0.05) is 21.8 Å². The number of ether oxygens (including phenoxy) is 1. The number of rotatable bonds is 6. The third kappa shape index (κ3) is 2.96. The molecule has 1 heterocycles. The highest BCUT2D eigenvalue weighted by atomic mass is 16.5. The lowest BCUT2D eigenvalue weighted by Crippen LogP contribution is -1.93. The van der Waals surface area contributed by atoms with E-state index in [1.165, 1.54) is 51.3 Å². The minimum atomic E-state index is 0.694. The number of unbranched alkanes of at least 4 members (excludes halogenated alkanes) is 1. The van der Waals surface area contributed by atoms with Crippen LogP contribution in [0.1, 0.15) is 32.3 Å². The molecular formula is C24H25NO. The van der Waals surface area contributed by atoms with Crippen molar-refractivity contribution in [1.29, 1.82) is 0 Å². The van der Waals surface area contributed by atoms with Crippen molar-refractivity contribution in [2.45, 2.75) is 33.1 Å². The Morgan fingerprint density at radius 2 is 1.65 bits per heavy atom. The molecule has 0 spiro atoms. The predicted molar refractivity (Wildman–Crippen MR) is 111 cm³/mol. The van der Waals surface area contributed by atoms with Crippen LogP contribution in [-0.2, 0) is 6.42 Å². The van der Waals surface area contributed by atoms with Gasteiger partial charge in [0.1, 0.15) is 5.75 Å². The Morgan fingerprint density at radius 1 is 0.846 bits per heavy atom. The summed E-state index contributed by atoms with van der Waals surface area (Å²) in [5.74, 6) is 0.928. The van der Waals surface area contributed by atoms with Crippen LogP contribution in [0.4, 0.5) is 0 Å². The highest BCUT2D eigenvalue weighted by Gasteiger charge is 2.14. The van der Waals surface area contributed by atoms with E-state index in [1.54, 1.807) is 0 Å². The molecule has 0 saturated heterocycles. The second-order valence-corrected chi connectivity index (χ2v) is 6.75. The van der Waals surface area contributed by atoms with Gasteiger partial charge in [0.05, 0.1) is 6.61 Å². The molecule has 0 unspecified atom stereocenters. The number of nitrogens with one attached hydrogen (secondary N) is 1. The van der Waals surface area contributed by atoms with Gasteiger partial charge in [-0.05, 0) is 60.7 Å². The summed E-state index contributed by atoms with van der Waals surface area (Å²) in [6, 6.07) is 21.7. The Bertz CT molecular complexity index is 1030. The first-order valence-electron chi connectivity index (χ1n) is 9.57. The molecule has 0 amide bonds. The van der Waals surface area contributed by atoms with Gasteiger partial charge in [-0.2, -0.15) is 0 Å². The lowest BCUT2D eigenvalue weighted by molar-refractivity contribution is 0.340. The smallest absolute Gasteiger partial charge is 0.119 e. The van der Waals surface area contributed by atoms with Crippen LogP contribution in [0.15, 0.2) is 60.7 Å². The van der Waals surface area contributed by atoms with Crippen LogP contribution in [0.3, 0.4) is 0 Å². The molecule has 1 N–H and O–H groups in total. The molecule has 2 heteroatoms. The summed E-state index contributed by atoms with van der Waals surface area (Å²) in [6.07, 6.45) is 3.51. The molecule has 0 fully saturated rings. The van der Waals surface area contributed by atoms with Gasteiger partial charge in [0.2, 0.25) is 0 Å². The summed E-state index contributed by atoms with van der Waals surface area (Å²) >= 11 is 0. The number of fused-ring (bicyclic) bond motifs is 3. The van der Waals surface area contributed by atoms with E-state index in [9.17, 15) is 0 Å². The summed E-state index contributed by atoms with van der Waals surface area (Å²) in [5.41, 5.74) is 6.44. The minimum absolute atomic E-state index is 0.694. The van der Waals surface area contributed by atoms with Gasteiger partial charge in [-0.3, -0.25) is 0 Å². The Labute approximate surface area is 154 Å². The predicted octanol–water partition coefficient (Wildman–Crippen LogP) is 6.73. The quantitative estimate of drug-likeness (QED) is 0.412. The topological polar surface area (TPSA) is 25.0 Å². The summed E-state index contributed by atoms with van der Waals surface area (Å²) in [4.78, 5) is 3.58. The van der Waals surface area contributed by atoms with E-state index >= 15 is 0 Å². The van der Waals surface area contributed by atoms with E-state index in [0.29, 0.717) is 6.61 Å². The van der Waals surface area contributed by atoms with Crippen molar-refractivity contribution in [2.24, 2.45) is 0 Å². The average molecular weight is 343 g/mol. The number of aromatic nitrogens is 1. The third-order valence-electron chi connectivity index (χ3n) is 5.01. The molecule has 2 nitrogen and oxygen atoms in total. The van der Waals surface area contributed by atoms with Gasteiger partial charge in [-0.25, -0.2) is 0 Å². The molecule has 1 aromatic heterocycles. The van der Waals surface area contributed by atoms with Crippen LogP contribution in [0.5, 0.6) is 5.75 Å². The van der Waals surface area contributed by atoms with Crippen molar-refractivity contribution in [3.05, 3.63) is 66.2 Å². The van der Waals surface area contributed by atoms with Crippen molar-refractivity contribution in [3.63, 3.8) is 0 Å². The Morgan fingerprint density at radius 3 is 2.42 bits per heavy atom. The summed E-state index contributed by atoms with van der Waals surface area (Å²) in [5, 5.41) is 2.63. The molecule has 0 aliphatic carbocycles. The average Bonchev–Trinajstić information content (AvgIpc) is 3.06. The molecule has 4 aromatic rings. The highest BCUT2D eigenvalue weighted by molar-refractivity contribution is 6.14. The second kappa shape index (κ2) is 7.25. The zero-order valence-corrected chi connectivity index (χ0v) is 15.5. The van der Waals surface area contributed by atoms with Gasteiger partial charge in [0.25, 0.3) is 0 Å². The second-order valence-electron chi connectivity index (χ2n) is 6.75. The molecule has 3 aromatic carbocycles. The zero-order valence-electron chi connectivity index (χ0n) is 15.5. The lowest BCUT2D eigenvalue weighted by Gasteiger charge is -2.13. The Balaban J connectivity index is 1.96.